The Balaban J connectivity index is 1.16. The molecular weight excluding hydrogens is 384 g/mol. The van der Waals surface area contributed by atoms with Gasteiger partial charge in [0.15, 0.2) is 0 Å². The van der Waals surface area contributed by atoms with Gasteiger partial charge in [-0.1, -0.05) is 48.5 Å². The van der Waals surface area contributed by atoms with Gasteiger partial charge in [0.05, 0.1) is 0 Å². The van der Waals surface area contributed by atoms with Gasteiger partial charge in [-0.2, -0.15) is 0 Å². The van der Waals surface area contributed by atoms with E-state index in [9.17, 15) is 4.79 Å². The Morgan fingerprint density at radius 3 is 2.13 bits per heavy atom. The molecule has 0 unspecified atom stereocenters. The fraction of sp³-hybridized carbons (Fsp3) is 0.296. The maximum absolute atomic E-state index is 12.5. The summed E-state index contributed by atoms with van der Waals surface area (Å²) in [4.78, 5) is 15.0. The van der Waals surface area contributed by atoms with Gasteiger partial charge < -0.3 is 10.1 Å². The molecule has 0 aromatic heterocycles. The zero-order chi connectivity index (χ0) is 21.3. The number of amides is 1. The molecule has 0 bridgehead atoms. The molecule has 4 nitrogen and oxygen atoms in total. The third-order valence-electron chi connectivity index (χ3n) is 5.89. The van der Waals surface area contributed by atoms with Gasteiger partial charge in [0, 0.05) is 18.7 Å². The highest BCUT2D eigenvalue weighted by atomic mass is 16.5. The van der Waals surface area contributed by atoms with Crippen LogP contribution in [-0.2, 0) is 6.54 Å². The van der Waals surface area contributed by atoms with Crippen LogP contribution in [0.3, 0.4) is 0 Å². The van der Waals surface area contributed by atoms with Crippen molar-refractivity contribution in [3.63, 3.8) is 0 Å². The number of ether oxygens (including phenoxy) is 1. The highest BCUT2D eigenvalue weighted by Crippen LogP contribution is 2.22. The van der Waals surface area contributed by atoms with Crippen molar-refractivity contribution in [3.05, 3.63) is 96.1 Å². The Morgan fingerprint density at radius 1 is 0.839 bits per heavy atom. The topological polar surface area (TPSA) is 41.6 Å². The van der Waals surface area contributed by atoms with Gasteiger partial charge in [-0.25, -0.2) is 0 Å². The number of rotatable bonds is 8. The number of nitrogens with zero attached hydrogens (tertiary/aromatic N) is 1. The van der Waals surface area contributed by atoms with Gasteiger partial charge >= 0.3 is 0 Å². The second-order valence-corrected chi connectivity index (χ2v) is 8.19. The standard InChI is InChI=1S/C27H30N2O2/c30-27(24-11-13-26(14-12-24)31-25-9-5-2-6-10-25)28-18-15-22-16-19-29(20-17-22)21-23-7-3-1-4-8-23/h1-14,22H,15-21H2,(H,28,30). The highest BCUT2D eigenvalue weighted by molar-refractivity contribution is 5.94. The van der Waals surface area contributed by atoms with E-state index in [0.29, 0.717) is 11.5 Å². The molecule has 160 valence electrons. The van der Waals surface area contributed by atoms with Crippen LogP contribution >= 0.6 is 0 Å². The van der Waals surface area contributed by atoms with Crippen molar-refractivity contribution in [3.8, 4) is 11.5 Å². The van der Waals surface area contributed by atoms with Crippen LogP contribution in [-0.4, -0.2) is 30.4 Å². The summed E-state index contributed by atoms with van der Waals surface area (Å²) in [7, 11) is 0. The molecule has 0 radical (unpaired) electrons. The predicted molar refractivity (Wildman–Crippen MR) is 124 cm³/mol. The van der Waals surface area contributed by atoms with E-state index in [4.69, 9.17) is 4.74 Å². The summed E-state index contributed by atoms with van der Waals surface area (Å²) in [6, 6.07) is 27.6. The lowest BCUT2D eigenvalue weighted by molar-refractivity contribution is 0.0947. The second-order valence-electron chi connectivity index (χ2n) is 8.19. The molecule has 0 aliphatic carbocycles. The molecule has 1 fully saturated rings. The molecule has 1 aliphatic rings. The molecule has 4 rings (SSSR count). The monoisotopic (exact) mass is 414 g/mol. The lowest BCUT2D eigenvalue weighted by Crippen LogP contribution is -2.34. The van der Waals surface area contributed by atoms with Crippen molar-refractivity contribution < 1.29 is 9.53 Å². The Bertz CT molecular complexity index is 934. The lowest BCUT2D eigenvalue weighted by Gasteiger charge is -2.32. The number of hydrogen-bond acceptors (Lipinski definition) is 3. The highest BCUT2D eigenvalue weighted by Gasteiger charge is 2.19. The van der Waals surface area contributed by atoms with Crippen LogP contribution in [0.25, 0.3) is 0 Å². The summed E-state index contributed by atoms with van der Waals surface area (Å²) in [6.45, 7) is 4.03. The molecular formula is C27H30N2O2. The summed E-state index contributed by atoms with van der Waals surface area (Å²) >= 11 is 0. The quantitative estimate of drug-likeness (QED) is 0.528. The van der Waals surface area contributed by atoms with Crippen molar-refractivity contribution in [1.82, 2.24) is 10.2 Å². The normalized spacial score (nSPS) is 14.8. The fourth-order valence-electron chi connectivity index (χ4n) is 4.07. The van der Waals surface area contributed by atoms with Crippen molar-refractivity contribution in [2.75, 3.05) is 19.6 Å². The summed E-state index contributed by atoms with van der Waals surface area (Å²) in [5, 5.41) is 3.07. The van der Waals surface area contributed by atoms with Crippen LogP contribution < -0.4 is 10.1 Å². The predicted octanol–water partition coefficient (Wildman–Crippen LogP) is 5.51. The minimum Gasteiger partial charge on any atom is -0.457 e. The maximum atomic E-state index is 12.5. The van der Waals surface area contributed by atoms with E-state index in [-0.39, 0.29) is 5.91 Å². The summed E-state index contributed by atoms with van der Waals surface area (Å²) in [6.07, 6.45) is 3.45. The maximum Gasteiger partial charge on any atom is 0.251 e. The number of carbonyl (C=O) groups excluding carboxylic acids is 1. The number of piperidine rings is 1. The third-order valence-corrected chi connectivity index (χ3v) is 5.89. The molecule has 0 spiro atoms. The van der Waals surface area contributed by atoms with E-state index >= 15 is 0 Å². The Hall–Kier alpha value is -3.11. The average molecular weight is 415 g/mol. The molecule has 4 heteroatoms. The first-order chi connectivity index (χ1) is 15.3. The lowest BCUT2D eigenvalue weighted by atomic mass is 9.93. The first-order valence-electron chi connectivity index (χ1n) is 11.1. The van der Waals surface area contributed by atoms with Crippen molar-refractivity contribution >= 4 is 5.91 Å². The van der Waals surface area contributed by atoms with Crippen LogP contribution in [0.1, 0.15) is 35.2 Å². The van der Waals surface area contributed by atoms with Crippen LogP contribution in [0.2, 0.25) is 0 Å². The van der Waals surface area contributed by atoms with E-state index in [2.05, 4.69) is 40.5 Å². The molecule has 0 atom stereocenters. The van der Waals surface area contributed by atoms with Crippen LogP contribution in [0.4, 0.5) is 0 Å². The molecule has 1 aliphatic heterocycles. The van der Waals surface area contributed by atoms with Gasteiger partial charge in [-0.05, 0) is 80.2 Å². The molecule has 1 heterocycles. The van der Waals surface area contributed by atoms with Crippen LogP contribution in [0, 0.1) is 5.92 Å². The SMILES string of the molecule is O=C(NCCC1CCN(Cc2ccccc2)CC1)c1ccc(Oc2ccccc2)cc1. The van der Waals surface area contributed by atoms with E-state index in [1.165, 1.54) is 18.4 Å². The van der Waals surface area contributed by atoms with Gasteiger partial charge in [0.1, 0.15) is 11.5 Å². The summed E-state index contributed by atoms with van der Waals surface area (Å²) in [5.74, 6) is 2.18. The molecule has 1 amide bonds. The first kappa shape index (κ1) is 21.1. The van der Waals surface area contributed by atoms with E-state index < -0.39 is 0 Å². The van der Waals surface area contributed by atoms with Gasteiger partial charge in [-0.3, -0.25) is 9.69 Å². The largest absolute Gasteiger partial charge is 0.457 e. The Morgan fingerprint density at radius 2 is 1.45 bits per heavy atom. The minimum atomic E-state index is -0.0206. The number of likely N-dealkylation sites (tertiary alicyclic amines) is 1. The van der Waals surface area contributed by atoms with E-state index in [1.54, 1.807) is 0 Å². The number of benzene rings is 3. The van der Waals surface area contributed by atoms with Crippen LogP contribution in [0.5, 0.6) is 11.5 Å². The zero-order valence-corrected chi connectivity index (χ0v) is 17.9. The van der Waals surface area contributed by atoms with Crippen molar-refractivity contribution in [2.24, 2.45) is 5.92 Å². The van der Waals surface area contributed by atoms with E-state index in [1.807, 2.05) is 54.6 Å². The average Bonchev–Trinajstić information content (AvgIpc) is 2.82. The van der Waals surface area contributed by atoms with Crippen molar-refractivity contribution in [2.45, 2.75) is 25.8 Å². The molecule has 0 saturated carbocycles. The summed E-state index contributed by atoms with van der Waals surface area (Å²) in [5.41, 5.74) is 2.05. The molecule has 1 saturated heterocycles. The third kappa shape index (κ3) is 6.43. The second kappa shape index (κ2) is 10.8. The van der Waals surface area contributed by atoms with Gasteiger partial charge in [0.25, 0.3) is 5.91 Å². The van der Waals surface area contributed by atoms with E-state index in [0.717, 1.165) is 44.1 Å². The van der Waals surface area contributed by atoms with Gasteiger partial charge in [0.2, 0.25) is 0 Å². The van der Waals surface area contributed by atoms with Gasteiger partial charge in [-0.15, -0.1) is 0 Å². The fourth-order valence-corrected chi connectivity index (χ4v) is 4.07. The Kier molecular flexibility index (Phi) is 7.35. The molecule has 31 heavy (non-hydrogen) atoms. The number of para-hydroxylation sites is 1. The number of hydrogen-bond donors (Lipinski definition) is 1. The zero-order valence-electron chi connectivity index (χ0n) is 17.9. The Labute approximate surface area is 184 Å². The summed E-state index contributed by atoms with van der Waals surface area (Å²) < 4.78 is 5.78. The minimum absolute atomic E-state index is 0.0206. The number of carbonyl (C=O) groups is 1. The number of nitrogens with one attached hydrogen (secondary N) is 1. The smallest absolute Gasteiger partial charge is 0.251 e. The van der Waals surface area contributed by atoms with Crippen molar-refractivity contribution in [1.29, 1.82) is 0 Å². The first-order valence-corrected chi connectivity index (χ1v) is 11.1. The molecule has 3 aromatic carbocycles. The van der Waals surface area contributed by atoms with Crippen LogP contribution in [0.15, 0.2) is 84.9 Å². The molecule has 3 aromatic rings. The molecule has 1 N–H and O–H groups in total.